The lowest BCUT2D eigenvalue weighted by molar-refractivity contribution is -0.137. The molecule has 1 amide bonds. The standard InChI is InChI=1S/C27H26BrF4N3O5S/c1-13(2)18-9-19(23(39-4)10-21(18)29)20-11-33-25(41(5,37)38)34-22(20)12-35-14(3)24(40-26(35)36)15-6-16(27(30,31)32)8-17(28)7-15/h6-11,13-14,24H,12H2,1-5H3/t14-,24?/m0/s1. The van der Waals surface area contributed by atoms with Gasteiger partial charge in [0.1, 0.15) is 17.7 Å². The van der Waals surface area contributed by atoms with E-state index in [9.17, 15) is 30.8 Å². The highest BCUT2D eigenvalue weighted by Crippen LogP contribution is 2.40. The van der Waals surface area contributed by atoms with E-state index in [4.69, 9.17) is 9.47 Å². The Morgan fingerprint density at radius 3 is 2.41 bits per heavy atom. The van der Waals surface area contributed by atoms with Crippen LogP contribution in [-0.2, 0) is 27.3 Å². The van der Waals surface area contributed by atoms with E-state index in [2.05, 4.69) is 25.9 Å². The Morgan fingerprint density at radius 1 is 1.15 bits per heavy atom. The third-order valence-corrected chi connectivity index (χ3v) is 8.01. The lowest BCUT2D eigenvalue weighted by Crippen LogP contribution is -2.32. The average Bonchev–Trinajstić information content (AvgIpc) is 3.15. The van der Waals surface area contributed by atoms with E-state index >= 15 is 0 Å². The van der Waals surface area contributed by atoms with Gasteiger partial charge in [0.05, 0.1) is 31.0 Å². The number of alkyl halides is 3. The number of hydrogen-bond acceptors (Lipinski definition) is 7. The molecule has 2 atom stereocenters. The molecule has 1 aliphatic heterocycles. The van der Waals surface area contributed by atoms with Crippen molar-refractivity contribution in [3.05, 3.63) is 69.2 Å². The summed E-state index contributed by atoms with van der Waals surface area (Å²) in [5.41, 5.74) is 0.311. The van der Waals surface area contributed by atoms with Gasteiger partial charge >= 0.3 is 12.3 Å². The summed E-state index contributed by atoms with van der Waals surface area (Å²) in [5, 5.41) is -0.500. The smallest absolute Gasteiger partial charge is 0.416 e. The van der Waals surface area contributed by atoms with Crippen molar-refractivity contribution in [1.29, 1.82) is 0 Å². The fourth-order valence-electron chi connectivity index (χ4n) is 4.58. The Kier molecular flexibility index (Phi) is 8.38. The summed E-state index contributed by atoms with van der Waals surface area (Å²) in [6.45, 7) is 4.91. The summed E-state index contributed by atoms with van der Waals surface area (Å²) < 4.78 is 90.7. The zero-order valence-corrected chi connectivity index (χ0v) is 25.0. The summed E-state index contributed by atoms with van der Waals surface area (Å²) in [5.74, 6) is -0.573. The summed E-state index contributed by atoms with van der Waals surface area (Å²) in [7, 11) is -2.52. The molecule has 2 aromatic carbocycles. The van der Waals surface area contributed by atoms with Crippen LogP contribution in [0.4, 0.5) is 22.4 Å². The second-order valence-corrected chi connectivity index (χ2v) is 12.8. The van der Waals surface area contributed by atoms with Gasteiger partial charge in [0.2, 0.25) is 15.0 Å². The second-order valence-electron chi connectivity index (χ2n) is 9.96. The number of aromatic nitrogens is 2. The molecule has 14 heteroatoms. The Bertz CT molecular complexity index is 1620. The minimum atomic E-state index is -4.62. The van der Waals surface area contributed by atoms with E-state index in [1.54, 1.807) is 26.8 Å². The summed E-state index contributed by atoms with van der Waals surface area (Å²) in [4.78, 5) is 22.5. The molecular weight excluding hydrogens is 634 g/mol. The van der Waals surface area contributed by atoms with Crippen molar-refractivity contribution in [2.75, 3.05) is 13.4 Å². The number of nitrogens with zero attached hydrogens (tertiary/aromatic N) is 3. The van der Waals surface area contributed by atoms with Gasteiger partial charge in [-0.15, -0.1) is 0 Å². The first-order chi connectivity index (χ1) is 19.0. The first-order valence-electron chi connectivity index (χ1n) is 12.3. The average molecular weight is 660 g/mol. The van der Waals surface area contributed by atoms with Crippen molar-refractivity contribution in [2.24, 2.45) is 0 Å². The van der Waals surface area contributed by atoms with Gasteiger partial charge in [-0.3, -0.25) is 4.90 Å². The number of hydrogen-bond donors (Lipinski definition) is 0. The number of carbonyl (C=O) groups is 1. The van der Waals surface area contributed by atoms with Crippen LogP contribution in [0.5, 0.6) is 5.75 Å². The molecule has 1 unspecified atom stereocenters. The SMILES string of the molecule is COc1cc(F)c(C(C)C)cc1-c1cnc(S(C)(=O)=O)nc1CN1C(=O)OC(c2cc(Br)cc(C(F)(F)F)c2)[C@@H]1C. The molecule has 0 saturated carbocycles. The van der Waals surface area contributed by atoms with Crippen LogP contribution >= 0.6 is 15.9 Å². The van der Waals surface area contributed by atoms with Crippen LogP contribution in [-0.4, -0.2) is 48.8 Å². The normalized spacial score (nSPS) is 17.7. The van der Waals surface area contributed by atoms with Crippen LogP contribution in [0.15, 0.2) is 46.2 Å². The van der Waals surface area contributed by atoms with Gasteiger partial charge in [0.15, 0.2) is 0 Å². The summed E-state index contributed by atoms with van der Waals surface area (Å²) in [6, 6.07) is 5.25. The molecule has 0 spiro atoms. The molecule has 41 heavy (non-hydrogen) atoms. The van der Waals surface area contributed by atoms with E-state index in [0.29, 0.717) is 11.1 Å². The van der Waals surface area contributed by atoms with E-state index < -0.39 is 50.8 Å². The number of amides is 1. The Hall–Kier alpha value is -3.26. The quantitative estimate of drug-likeness (QED) is 0.206. The molecule has 1 fully saturated rings. The molecule has 0 N–H and O–H groups in total. The molecule has 0 radical (unpaired) electrons. The number of methoxy groups -OCH3 is 1. The number of ether oxygens (including phenoxy) is 2. The van der Waals surface area contributed by atoms with Gasteiger partial charge in [-0.2, -0.15) is 13.2 Å². The van der Waals surface area contributed by atoms with Gasteiger partial charge in [-0.25, -0.2) is 27.6 Å². The molecule has 0 bridgehead atoms. The maximum Gasteiger partial charge on any atom is 0.416 e. The lowest BCUT2D eigenvalue weighted by atomic mass is 9.95. The van der Waals surface area contributed by atoms with Gasteiger partial charge in [0, 0.05) is 34.1 Å². The number of benzene rings is 2. The Labute approximate surface area is 242 Å². The maximum atomic E-state index is 14.7. The van der Waals surface area contributed by atoms with Crippen LogP contribution in [0, 0.1) is 5.82 Å². The zero-order chi connectivity index (χ0) is 30.4. The Morgan fingerprint density at radius 2 is 1.83 bits per heavy atom. The molecule has 4 rings (SSSR count). The molecular formula is C27H26BrF4N3O5S. The van der Waals surface area contributed by atoms with Crippen molar-refractivity contribution in [3.63, 3.8) is 0 Å². The summed E-state index contributed by atoms with van der Waals surface area (Å²) in [6.07, 6.45) is -4.34. The topological polar surface area (TPSA) is 98.7 Å². The third kappa shape index (κ3) is 6.32. The molecule has 8 nitrogen and oxygen atoms in total. The molecule has 1 saturated heterocycles. The molecule has 1 aliphatic rings. The van der Waals surface area contributed by atoms with Gasteiger partial charge in [-0.05, 0) is 48.2 Å². The van der Waals surface area contributed by atoms with Crippen LogP contribution in [0.1, 0.15) is 55.2 Å². The van der Waals surface area contributed by atoms with Crippen molar-refractivity contribution < 1.29 is 40.2 Å². The zero-order valence-electron chi connectivity index (χ0n) is 22.6. The number of halogens is 5. The maximum absolute atomic E-state index is 14.7. The highest BCUT2D eigenvalue weighted by atomic mass is 79.9. The van der Waals surface area contributed by atoms with Crippen molar-refractivity contribution in [1.82, 2.24) is 14.9 Å². The lowest BCUT2D eigenvalue weighted by Gasteiger charge is -2.23. The van der Waals surface area contributed by atoms with E-state index in [-0.39, 0.29) is 39.5 Å². The Balaban J connectivity index is 1.80. The largest absolute Gasteiger partial charge is 0.496 e. The second kappa shape index (κ2) is 11.2. The first kappa shape index (κ1) is 30.7. The number of carbonyl (C=O) groups excluding carboxylic acids is 1. The van der Waals surface area contributed by atoms with E-state index in [1.165, 1.54) is 30.3 Å². The van der Waals surface area contributed by atoms with Crippen LogP contribution in [0.3, 0.4) is 0 Å². The van der Waals surface area contributed by atoms with Gasteiger partial charge < -0.3 is 9.47 Å². The molecule has 0 aliphatic carbocycles. The third-order valence-electron chi connectivity index (χ3n) is 6.70. The molecule has 220 valence electrons. The van der Waals surface area contributed by atoms with Crippen molar-refractivity contribution in [3.8, 4) is 16.9 Å². The van der Waals surface area contributed by atoms with Crippen LogP contribution < -0.4 is 4.74 Å². The van der Waals surface area contributed by atoms with Crippen LogP contribution in [0.25, 0.3) is 11.1 Å². The van der Waals surface area contributed by atoms with Crippen molar-refractivity contribution >= 4 is 31.9 Å². The van der Waals surface area contributed by atoms with Crippen molar-refractivity contribution in [2.45, 2.75) is 56.7 Å². The summed E-state index contributed by atoms with van der Waals surface area (Å²) >= 11 is 3.09. The van der Waals surface area contributed by atoms with Crippen LogP contribution in [0.2, 0.25) is 0 Å². The highest BCUT2D eigenvalue weighted by molar-refractivity contribution is 9.10. The fourth-order valence-corrected chi connectivity index (χ4v) is 5.61. The first-order valence-corrected chi connectivity index (χ1v) is 15.0. The predicted molar refractivity (Wildman–Crippen MR) is 145 cm³/mol. The fraction of sp³-hybridized carbons (Fsp3) is 0.370. The minimum absolute atomic E-state index is 0.0923. The minimum Gasteiger partial charge on any atom is -0.496 e. The van der Waals surface area contributed by atoms with Gasteiger partial charge in [-0.1, -0.05) is 29.8 Å². The number of cyclic esters (lactones) is 1. The molecule has 2 heterocycles. The van der Waals surface area contributed by atoms with Gasteiger partial charge in [0.25, 0.3) is 0 Å². The van der Waals surface area contributed by atoms with E-state index in [0.717, 1.165) is 18.4 Å². The number of rotatable bonds is 7. The monoisotopic (exact) mass is 659 g/mol. The molecule has 1 aromatic heterocycles. The molecule has 3 aromatic rings. The predicted octanol–water partition coefficient (Wildman–Crippen LogP) is 6.68. The van der Waals surface area contributed by atoms with E-state index in [1.807, 2.05) is 0 Å². The number of sulfone groups is 1. The highest BCUT2D eigenvalue weighted by Gasteiger charge is 2.42.